The van der Waals surface area contributed by atoms with Crippen molar-refractivity contribution in [2.75, 3.05) is 20.3 Å². The molecule has 2 heteroatoms. The maximum Gasteiger partial charge on any atom is 0.0480 e. The Hall–Kier alpha value is -0.0800. The standard InChI is InChI=1S/C13H29NO/c1-4-5-6-7-8-9-11-15-12-10-13(2)14-3/h13-14H,4-12H2,1-3H3. The summed E-state index contributed by atoms with van der Waals surface area (Å²) in [5.41, 5.74) is 0. The molecule has 2 nitrogen and oxygen atoms in total. The van der Waals surface area contributed by atoms with E-state index in [4.69, 9.17) is 4.74 Å². The predicted octanol–water partition coefficient (Wildman–Crippen LogP) is 3.36. The van der Waals surface area contributed by atoms with Crippen molar-refractivity contribution in [2.45, 2.75) is 64.8 Å². The van der Waals surface area contributed by atoms with Gasteiger partial charge < -0.3 is 10.1 Å². The third-order valence-electron chi connectivity index (χ3n) is 2.83. The first-order valence-corrected chi connectivity index (χ1v) is 6.56. The molecule has 0 amide bonds. The zero-order chi connectivity index (χ0) is 11.4. The van der Waals surface area contributed by atoms with Crippen LogP contribution in [-0.4, -0.2) is 26.3 Å². The molecule has 0 fully saturated rings. The van der Waals surface area contributed by atoms with Crippen LogP contribution < -0.4 is 5.32 Å². The molecule has 0 aromatic rings. The number of rotatable bonds is 11. The molecular weight excluding hydrogens is 186 g/mol. The summed E-state index contributed by atoms with van der Waals surface area (Å²) >= 11 is 0. The predicted molar refractivity (Wildman–Crippen MR) is 67.3 cm³/mol. The minimum Gasteiger partial charge on any atom is -0.381 e. The van der Waals surface area contributed by atoms with Crippen molar-refractivity contribution in [3.05, 3.63) is 0 Å². The molecule has 0 saturated carbocycles. The van der Waals surface area contributed by atoms with Gasteiger partial charge >= 0.3 is 0 Å². The third-order valence-corrected chi connectivity index (χ3v) is 2.83. The molecule has 0 radical (unpaired) electrons. The van der Waals surface area contributed by atoms with E-state index >= 15 is 0 Å². The minimum absolute atomic E-state index is 0.578. The number of ether oxygens (including phenoxy) is 1. The van der Waals surface area contributed by atoms with Gasteiger partial charge in [0.15, 0.2) is 0 Å². The molecule has 1 unspecified atom stereocenters. The van der Waals surface area contributed by atoms with Crippen LogP contribution in [-0.2, 0) is 4.74 Å². The summed E-state index contributed by atoms with van der Waals surface area (Å²) < 4.78 is 5.57. The van der Waals surface area contributed by atoms with E-state index < -0.39 is 0 Å². The third kappa shape index (κ3) is 11.8. The quantitative estimate of drug-likeness (QED) is 0.534. The molecule has 0 aliphatic heterocycles. The number of unbranched alkanes of at least 4 members (excludes halogenated alkanes) is 5. The zero-order valence-electron chi connectivity index (χ0n) is 10.8. The van der Waals surface area contributed by atoms with Crippen LogP contribution in [0.4, 0.5) is 0 Å². The van der Waals surface area contributed by atoms with Gasteiger partial charge in [0.1, 0.15) is 0 Å². The second-order valence-corrected chi connectivity index (χ2v) is 4.36. The molecule has 0 aliphatic carbocycles. The maximum atomic E-state index is 5.57. The van der Waals surface area contributed by atoms with E-state index in [9.17, 15) is 0 Å². The van der Waals surface area contributed by atoms with E-state index in [1.165, 1.54) is 38.5 Å². The SMILES string of the molecule is CCCCCCCCOCCC(C)NC. The fraction of sp³-hybridized carbons (Fsp3) is 1.00. The van der Waals surface area contributed by atoms with Crippen molar-refractivity contribution in [1.29, 1.82) is 0 Å². The monoisotopic (exact) mass is 215 g/mol. The van der Waals surface area contributed by atoms with Crippen LogP contribution in [0.3, 0.4) is 0 Å². The van der Waals surface area contributed by atoms with Gasteiger partial charge in [-0.15, -0.1) is 0 Å². The highest BCUT2D eigenvalue weighted by Crippen LogP contribution is 2.05. The van der Waals surface area contributed by atoms with E-state index in [0.29, 0.717) is 6.04 Å². The second kappa shape index (κ2) is 12.0. The number of hydrogen-bond acceptors (Lipinski definition) is 2. The Morgan fingerprint density at radius 2 is 1.67 bits per heavy atom. The van der Waals surface area contributed by atoms with Crippen LogP contribution in [0.25, 0.3) is 0 Å². The molecule has 0 aromatic carbocycles. The molecule has 0 bridgehead atoms. The van der Waals surface area contributed by atoms with Crippen LogP contribution in [0.1, 0.15) is 58.8 Å². The van der Waals surface area contributed by atoms with Crippen molar-refractivity contribution in [3.63, 3.8) is 0 Å². The van der Waals surface area contributed by atoms with Gasteiger partial charge in [-0.05, 0) is 26.8 Å². The summed E-state index contributed by atoms with van der Waals surface area (Å²) in [7, 11) is 2.00. The lowest BCUT2D eigenvalue weighted by Crippen LogP contribution is -2.22. The molecule has 92 valence electrons. The van der Waals surface area contributed by atoms with Crippen molar-refractivity contribution >= 4 is 0 Å². The Balaban J connectivity index is 2.92. The van der Waals surface area contributed by atoms with Gasteiger partial charge in [-0.2, -0.15) is 0 Å². The molecule has 15 heavy (non-hydrogen) atoms. The average Bonchev–Trinajstić information content (AvgIpc) is 2.26. The highest BCUT2D eigenvalue weighted by atomic mass is 16.5. The molecule has 0 spiro atoms. The van der Waals surface area contributed by atoms with Crippen molar-refractivity contribution in [1.82, 2.24) is 5.32 Å². The smallest absolute Gasteiger partial charge is 0.0480 e. The topological polar surface area (TPSA) is 21.3 Å². The fourth-order valence-electron chi connectivity index (χ4n) is 1.49. The van der Waals surface area contributed by atoms with E-state index in [2.05, 4.69) is 19.2 Å². The van der Waals surface area contributed by atoms with E-state index in [1.807, 2.05) is 7.05 Å². The van der Waals surface area contributed by atoms with E-state index in [0.717, 1.165) is 19.6 Å². The van der Waals surface area contributed by atoms with Crippen molar-refractivity contribution in [3.8, 4) is 0 Å². The lowest BCUT2D eigenvalue weighted by Gasteiger charge is -2.09. The molecule has 0 heterocycles. The van der Waals surface area contributed by atoms with Gasteiger partial charge in [-0.3, -0.25) is 0 Å². The summed E-state index contributed by atoms with van der Waals surface area (Å²) in [5.74, 6) is 0. The first-order valence-electron chi connectivity index (χ1n) is 6.56. The zero-order valence-corrected chi connectivity index (χ0v) is 10.8. The highest BCUT2D eigenvalue weighted by molar-refractivity contribution is 4.55. The van der Waals surface area contributed by atoms with Crippen molar-refractivity contribution in [2.24, 2.45) is 0 Å². The van der Waals surface area contributed by atoms with Crippen LogP contribution in [0.2, 0.25) is 0 Å². The Kier molecular flexibility index (Phi) is 11.9. The Morgan fingerprint density at radius 1 is 1.00 bits per heavy atom. The fourth-order valence-corrected chi connectivity index (χ4v) is 1.49. The van der Waals surface area contributed by atoms with Gasteiger partial charge in [0.25, 0.3) is 0 Å². The number of hydrogen-bond donors (Lipinski definition) is 1. The first-order chi connectivity index (χ1) is 7.31. The summed E-state index contributed by atoms with van der Waals surface area (Å²) in [6.45, 7) is 6.29. The Labute approximate surface area is 95.8 Å². The molecular formula is C13H29NO. The van der Waals surface area contributed by atoms with Crippen LogP contribution >= 0.6 is 0 Å². The largest absolute Gasteiger partial charge is 0.381 e. The lowest BCUT2D eigenvalue weighted by molar-refractivity contribution is 0.122. The van der Waals surface area contributed by atoms with Crippen LogP contribution in [0.15, 0.2) is 0 Å². The van der Waals surface area contributed by atoms with Crippen LogP contribution in [0, 0.1) is 0 Å². The molecule has 1 atom stereocenters. The summed E-state index contributed by atoms with van der Waals surface area (Å²) in [6.07, 6.45) is 9.18. The molecule has 1 N–H and O–H groups in total. The minimum atomic E-state index is 0.578. The summed E-state index contributed by atoms with van der Waals surface area (Å²) in [4.78, 5) is 0. The molecule has 0 aliphatic rings. The van der Waals surface area contributed by atoms with Gasteiger partial charge in [0, 0.05) is 19.3 Å². The van der Waals surface area contributed by atoms with Gasteiger partial charge in [0.2, 0.25) is 0 Å². The lowest BCUT2D eigenvalue weighted by atomic mass is 10.1. The highest BCUT2D eigenvalue weighted by Gasteiger charge is 1.97. The Morgan fingerprint density at radius 3 is 2.33 bits per heavy atom. The molecule has 0 aromatic heterocycles. The van der Waals surface area contributed by atoms with E-state index in [-0.39, 0.29) is 0 Å². The average molecular weight is 215 g/mol. The van der Waals surface area contributed by atoms with Gasteiger partial charge in [-0.1, -0.05) is 39.0 Å². The Bertz CT molecular complexity index is 117. The molecule has 0 rings (SSSR count). The van der Waals surface area contributed by atoms with Gasteiger partial charge in [-0.25, -0.2) is 0 Å². The first kappa shape index (κ1) is 14.9. The second-order valence-electron chi connectivity index (χ2n) is 4.36. The number of nitrogens with one attached hydrogen (secondary N) is 1. The summed E-state index contributed by atoms with van der Waals surface area (Å²) in [6, 6.07) is 0.578. The van der Waals surface area contributed by atoms with E-state index in [1.54, 1.807) is 0 Å². The maximum absolute atomic E-state index is 5.57. The summed E-state index contributed by atoms with van der Waals surface area (Å²) in [5, 5.41) is 3.21. The van der Waals surface area contributed by atoms with Gasteiger partial charge in [0.05, 0.1) is 0 Å². The van der Waals surface area contributed by atoms with Crippen LogP contribution in [0.5, 0.6) is 0 Å². The molecule has 0 saturated heterocycles. The van der Waals surface area contributed by atoms with Crippen molar-refractivity contribution < 1.29 is 4.74 Å². The normalized spacial score (nSPS) is 13.0.